The highest BCUT2D eigenvalue weighted by atomic mass is 15.1. The van der Waals surface area contributed by atoms with Gasteiger partial charge in [0.25, 0.3) is 0 Å². The molecule has 0 aliphatic carbocycles. The number of rotatable bonds is 6. The first-order valence-corrected chi connectivity index (χ1v) is 15.0. The standard InChI is InChI=1S/C42H30N2/c1-5-13-31(14-6-1)33-21-24-37(25-22-33)43(35-17-9-3-10-18-35)38-26-28-40-39-27-23-34(32-15-7-2-8-16-32)29-41(39)44(42(40)30-38)36-19-11-4-12-20-36/h1-30H. The van der Waals surface area contributed by atoms with Crippen molar-refractivity contribution in [2.45, 2.75) is 0 Å². The summed E-state index contributed by atoms with van der Waals surface area (Å²) in [6, 6.07) is 65.1. The molecule has 44 heavy (non-hydrogen) atoms. The van der Waals surface area contributed by atoms with Crippen molar-refractivity contribution < 1.29 is 0 Å². The number of nitrogens with zero attached hydrogens (tertiary/aromatic N) is 2. The van der Waals surface area contributed by atoms with Gasteiger partial charge in [0.2, 0.25) is 0 Å². The number of anilines is 3. The summed E-state index contributed by atoms with van der Waals surface area (Å²) in [6.07, 6.45) is 0. The summed E-state index contributed by atoms with van der Waals surface area (Å²) in [7, 11) is 0. The van der Waals surface area contributed by atoms with Crippen LogP contribution in [-0.2, 0) is 0 Å². The maximum atomic E-state index is 2.41. The van der Waals surface area contributed by atoms with E-state index in [-0.39, 0.29) is 0 Å². The van der Waals surface area contributed by atoms with Crippen LogP contribution in [0.5, 0.6) is 0 Å². The lowest BCUT2D eigenvalue weighted by Gasteiger charge is -2.26. The molecule has 2 heteroatoms. The molecule has 0 N–H and O–H groups in total. The Labute approximate surface area is 257 Å². The maximum Gasteiger partial charge on any atom is 0.0561 e. The summed E-state index contributed by atoms with van der Waals surface area (Å²) in [5, 5.41) is 2.48. The summed E-state index contributed by atoms with van der Waals surface area (Å²) < 4.78 is 2.41. The topological polar surface area (TPSA) is 8.17 Å². The molecule has 0 aliphatic rings. The van der Waals surface area contributed by atoms with Crippen LogP contribution in [-0.4, -0.2) is 4.57 Å². The average Bonchev–Trinajstić information content (AvgIpc) is 3.43. The molecule has 0 bridgehead atoms. The van der Waals surface area contributed by atoms with Gasteiger partial charge in [-0.2, -0.15) is 0 Å². The van der Waals surface area contributed by atoms with Gasteiger partial charge in [0.15, 0.2) is 0 Å². The summed E-state index contributed by atoms with van der Waals surface area (Å²) >= 11 is 0. The van der Waals surface area contributed by atoms with Gasteiger partial charge in [0.05, 0.1) is 11.0 Å². The Morgan fingerprint density at radius 3 is 1.39 bits per heavy atom. The van der Waals surface area contributed by atoms with Crippen LogP contribution >= 0.6 is 0 Å². The zero-order valence-electron chi connectivity index (χ0n) is 24.2. The lowest BCUT2D eigenvalue weighted by atomic mass is 10.0. The molecule has 0 amide bonds. The van der Waals surface area contributed by atoms with E-state index >= 15 is 0 Å². The largest absolute Gasteiger partial charge is 0.310 e. The van der Waals surface area contributed by atoms with E-state index in [1.807, 2.05) is 0 Å². The molecule has 0 fully saturated rings. The zero-order valence-corrected chi connectivity index (χ0v) is 24.2. The predicted molar refractivity (Wildman–Crippen MR) is 186 cm³/mol. The van der Waals surface area contributed by atoms with E-state index in [4.69, 9.17) is 0 Å². The molecular formula is C42H30N2. The Kier molecular flexibility index (Phi) is 6.51. The fraction of sp³-hybridized carbons (Fsp3) is 0. The van der Waals surface area contributed by atoms with Gasteiger partial charge in [-0.1, -0.05) is 127 Å². The van der Waals surface area contributed by atoms with E-state index < -0.39 is 0 Å². The van der Waals surface area contributed by atoms with Crippen molar-refractivity contribution in [1.82, 2.24) is 4.57 Å². The molecule has 0 atom stereocenters. The minimum Gasteiger partial charge on any atom is -0.310 e. The fourth-order valence-electron chi connectivity index (χ4n) is 6.27. The molecule has 1 aromatic heterocycles. The predicted octanol–water partition coefficient (Wildman–Crippen LogP) is 11.6. The molecule has 0 aliphatic heterocycles. The van der Waals surface area contributed by atoms with Crippen LogP contribution < -0.4 is 4.90 Å². The second-order valence-electron chi connectivity index (χ2n) is 11.1. The van der Waals surface area contributed by atoms with Crippen LogP contribution in [0.3, 0.4) is 0 Å². The van der Waals surface area contributed by atoms with Crippen molar-refractivity contribution in [1.29, 1.82) is 0 Å². The third kappa shape index (κ3) is 4.63. The van der Waals surface area contributed by atoms with E-state index in [2.05, 4.69) is 191 Å². The molecule has 2 nitrogen and oxygen atoms in total. The quantitative estimate of drug-likeness (QED) is 0.196. The van der Waals surface area contributed by atoms with E-state index in [9.17, 15) is 0 Å². The van der Waals surface area contributed by atoms with Gasteiger partial charge in [0, 0.05) is 33.5 Å². The first-order valence-electron chi connectivity index (χ1n) is 15.0. The highest BCUT2D eigenvalue weighted by Crippen LogP contribution is 2.40. The van der Waals surface area contributed by atoms with Gasteiger partial charge in [-0.15, -0.1) is 0 Å². The highest BCUT2D eigenvalue weighted by Gasteiger charge is 2.18. The monoisotopic (exact) mass is 562 g/mol. The second-order valence-corrected chi connectivity index (χ2v) is 11.1. The molecule has 0 radical (unpaired) electrons. The maximum absolute atomic E-state index is 2.41. The van der Waals surface area contributed by atoms with Crippen LogP contribution in [0.2, 0.25) is 0 Å². The van der Waals surface area contributed by atoms with Crippen molar-refractivity contribution in [3.63, 3.8) is 0 Å². The first-order chi connectivity index (χ1) is 21.8. The van der Waals surface area contributed by atoms with Crippen LogP contribution in [0.15, 0.2) is 182 Å². The number of hydrogen-bond acceptors (Lipinski definition) is 1. The Morgan fingerprint density at radius 2 is 0.750 bits per heavy atom. The number of aromatic nitrogens is 1. The summed E-state index contributed by atoms with van der Waals surface area (Å²) in [5.41, 5.74) is 11.7. The second kappa shape index (κ2) is 11.1. The molecule has 1 heterocycles. The molecule has 0 unspecified atom stereocenters. The molecule has 8 aromatic rings. The fourth-order valence-corrected chi connectivity index (χ4v) is 6.27. The molecule has 8 rings (SSSR count). The summed E-state index contributed by atoms with van der Waals surface area (Å²) in [6.45, 7) is 0. The van der Waals surface area contributed by atoms with E-state index in [1.165, 1.54) is 44.1 Å². The van der Waals surface area contributed by atoms with Gasteiger partial charge in [0.1, 0.15) is 0 Å². The third-order valence-corrected chi connectivity index (χ3v) is 8.38. The van der Waals surface area contributed by atoms with Gasteiger partial charge in [-0.05, 0) is 76.9 Å². The van der Waals surface area contributed by atoms with Crippen molar-refractivity contribution in [3.8, 4) is 27.9 Å². The van der Waals surface area contributed by atoms with Gasteiger partial charge in [-0.25, -0.2) is 0 Å². The molecule has 0 spiro atoms. The smallest absolute Gasteiger partial charge is 0.0561 e. The van der Waals surface area contributed by atoms with Gasteiger partial charge < -0.3 is 9.47 Å². The van der Waals surface area contributed by atoms with Gasteiger partial charge in [-0.3, -0.25) is 0 Å². The van der Waals surface area contributed by atoms with Crippen molar-refractivity contribution in [2.75, 3.05) is 4.90 Å². The lowest BCUT2D eigenvalue weighted by molar-refractivity contribution is 1.18. The third-order valence-electron chi connectivity index (χ3n) is 8.38. The van der Waals surface area contributed by atoms with Crippen LogP contribution in [0.4, 0.5) is 17.1 Å². The molecule has 7 aromatic carbocycles. The number of hydrogen-bond donors (Lipinski definition) is 0. The summed E-state index contributed by atoms with van der Waals surface area (Å²) in [4.78, 5) is 2.34. The normalized spacial score (nSPS) is 11.2. The molecular weight excluding hydrogens is 532 g/mol. The first kappa shape index (κ1) is 25.8. The summed E-state index contributed by atoms with van der Waals surface area (Å²) in [5.74, 6) is 0. The van der Waals surface area contributed by atoms with Crippen LogP contribution in [0.1, 0.15) is 0 Å². The van der Waals surface area contributed by atoms with Gasteiger partial charge >= 0.3 is 0 Å². The zero-order chi connectivity index (χ0) is 29.3. The Hall–Kier alpha value is -5.86. The minimum absolute atomic E-state index is 1.11. The SMILES string of the molecule is c1ccc(-c2ccc(N(c3ccccc3)c3ccc4c5ccc(-c6ccccc6)cc5n(-c5ccccc5)c4c3)cc2)cc1. The lowest BCUT2D eigenvalue weighted by Crippen LogP contribution is -2.10. The highest BCUT2D eigenvalue weighted by molar-refractivity contribution is 6.11. The van der Waals surface area contributed by atoms with Crippen molar-refractivity contribution in [2.24, 2.45) is 0 Å². The number of para-hydroxylation sites is 2. The Bertz CT molecular complexity index is 2180. The minimum atomic E-state index is 1.11. The Balaban J connectivity index is 1.33. The van der Waals surface area contributed by atoms with Crippen LogP contribution in [0.25, 0.3) is 49.7 Å². The van der Waals surface area contributed by atoms with Crippen LogP contribution in [0, 0.1) is 0 Å². The average molecular weight is 563 g/mol. The van der Waals surface area contributed by atoms with E-state index in [0.29, 0.717) is 0 Å². The van der Waals surface area contributed by atoms with Crippen molar-refractivity contribution in [3.05, 3.63) is 182 Å². The number of fused-ring (bicyclic) bond motifs is 3. The van der Waals surface area contributed by atoms with Crippen molar-refractivity contribution >= 4 is 38.9 Å². The molecule has 0 saturated carbocycles. The molecule has 208 valence electrons. The van der Waals surface area contributed by atoms with E-state index in [0.717, 1.165) is 22.7 Å². The molecule has 0 saturated heterocycles. The number of benzene rings is 7. The Morgan fingerprint density at radius 1 is 0.318 bits per heavy atom. The van der Waals surface area contributed by atoms with E-state index in [1.54, 1.807) is 0 Å².